The van der Waals surface area contributed by atoms with Gasteiger partial charge in [-0.15, -0.1) is 0 Å². The van der Waals surface area contributed by atoms with Gasteiger partial charge in [0.15, 0.2) is 0 Å². The van der Waals surface area contributed by atoms with Gasteiger partial charge in [0.05, 0.1) is 21.8 Å². The Morgan fingerprint density at radius 2 is 1.90 bits per heavy atom. The first-order valence-electron chi connectivity index (χ1n) is 6.51. The lowest BCUT2D eigenvalue weighted by Crippen LogP contribution is -1.97. The smallest absolute Gasteiger partial charge is 0.103 e. The number of hydrogen-bond acceptors (Lipinski definition) is 3. The van der Waals surface area contributed by atoms with Crippen molar-refractivity contribution < 1.29 is 0 Å². The highest BCUT2D eigenvalue weighted by molar-refractivity contribution is 6.32. The molecule has 3 rings (SSSR count). The Bertz CT molecular complexity index is 866. The minimum atomic E-state index is 0.442. The van der Waals surface area contributed by atoms with Crippen LogP contribution in [0.4, 0.5) is 11.4 Å². The van der Waals surface area contributed by atoms with Crippen molar-refractivity contribution in [3.05, 3.63) is 64.8 Å². The average molecular weight is 294 g/mol. The van der Waals surface area contributed by atoms with Crippen molar-refractivity contribution >= 4 is 33.9 Å². The molecule has 0 saturated heterocycles. The predicted molar refractivity (Wildman–Crippen MR) is 85.9 cm³/mol. The fourth-order valence-electron chi connectivity index (χ4n) is 2.30. The van der Waals surface area contributed by atoms with E-state index in [1.807, 2.05) is 49.4 Å². The van der Waals surface area contributed by atoms with Gasteiger partial charge in [-0.3, -0.25) is 4.98 Å². The Hall–Kier alpha value is -2.57. The van der Waals surface area contributed by atoms with E-state index in [0.29, 0.717) is 16.3 Å². The largest absolute Gasteiger partial charge is 0.354 e. The zero-order valence-electron chi connectivity index (χ0n) is 11.4. The van der Waals surface area contributed by atoms with Crippen LogP contribution in [0.15, 0.2) is 48.5 Å². The molecule has 0 spiro atoms. The number of nitriles is 1. The molecule has 102 valence electrons. The van der Waals surface area contributed by atoms with Crippen molar-refractivity contribution in [2.75, 3.05) is 5.32 Å². The number of benzene rings is 2. The van der Waals surface area contributed by atoms with E-state index in [0.717, 1.165) is 22.3 Å². The number of halogens is 1. The van der Waals surface area contributed by atoms with E-state index in [4.69, 9.17) is 11.6 Å². The molecule has 0 fully saturated rings. The fourth-order valence-corrected chi connectivity index (χ4v) is 2.52. The van der Waals surface area contributed by atoms with E-state index >= 15 is 0 Å². The van der Waals surface area contributed by atoms with E-state index in [2.05, 4.69) is 16.4 Å². The van der Waals surface area contributed by atoms with E-state index < -0.39 is 0 Å². The molecule has 0 aliphatic rings. The first kappa shape index (κ1) is 13.4. The molecule has 21 heavy (non-hydrogen) atoms. The monoisotopic (exact) mass is 293 g/mol. The van der Waals surface area contributed by atoms with Crippen LogP contribution in [0.25, 0.3) is 10.9 Å². The molecule has 0 unspecified atom stereocenters. The van der Waals surface area contributed by atoms with Crippen LogP contribution in [0.1, 0.15) is 11.3 Å². The summed E-state index contributed by atoms with van der Waals surface area (Å²) in [7, 11) is 0. The number of nitrogens with one attached hydrogen (secondary N) is 1. The van der Waals surface area contributed by atoms with Gasteiger partial charge in [-0.1, -0.05) is 35.9 Å². The zero-order chi connectivity index (χ0) is 14.8. The summed E-state index contributed by atoms with van der Waals surface area (Å²) in [5.41, 5.74) is 3.88. The first-order chi connectivity index (χ1) is 10.2. The van der Waals surface area contributed by atoms with Gasteiger partial charge in [-0.05, 0) is 31.2 Å². The standard InChI is InChI=1S/C17H12ClN3/c1-11-9-17(12-5-2-3-7-15(12)20-11)21-16-8-4-6-14(18)13(16)10-19/h2-9H,1H3,(H,20,21). The Morgan fingerprint density at radius 3 is 2.71 bits per heavy atom. The van der Waals surface area contributed by atoms with Gasteiger partial charge in [-0.25, -0.2) is 0 Å². The molecule has 0 aliphatic carbocycles. The molecule has 2 aromatic carbocycles. The second-order valence-corrected chi connectivity index (χ2v) is 5.13. The van der Waals surface area contributed by atoms with Crippen molar-refractivity contribution in [2.24, 2.45) is 0 Å². The van der Waals surface area contributed by atoms with Gasteiger partial charge in [-0.2, -0.15) is 5.26 Å². The molecule has 0 amide bonds. The molecule has 0 atom stereocenters. The van der Waals surface area contributed by atoms with E-state index in [9.17, 15) is 5.26 Å². The molecular formula is C17H12ClN3. The Balaban J connectivity index is 2.15. The Labute approximate surface area is 127 Å². The third-order valence-corrected chi connectivity index (χ3v) is 3.55. The summed E-state index contributed by atoms with van der Waals surface area (Å²) in [5, 5.41) is 14.0. The molecule has 0 radical (unpaired) electrons. The Kier molecular flexibility index (Phi) is 3.47. The van der Waals surface area contributed by atoms with Gasteiger partial charge < -0.3 is 5.32 Å². The summed E-state index contributed by atoms with van der Waals surface area (Å²) in [4.78, 5) is 4.51. The van der Waals surface area contributed by atoms with E-state index in [1.165, 1.54) is 0 Å². The lowest BCUT2D eigenvalue weighted by Gasteiger charge is -2.12. The second-order valence-electron chi connectivity index (χ2n) is 4.73. The molecule has 3 aromatic rings. The summed E-state index contributed by atoms with van der Waals surface area (Å²) in [6.45, 7) is 1.95. The number of pyridine rings is 1. The van der Waals surface area contributed by atoms with Crippen LogP contribution in [0.5, 0.6) is 0 Å². The summed E-state index contributed by atoms with van der Waals surface area (Å²) in [6, 6.07) is 17.4. The van der Waals surface area contributed by atoms with E-state index in [1.54, 1.807) is 6.07 Å². The second kappa shape index (κ2) is 5.43. The molecule has 0 aliphatic heterocycles. The molecular weight excluding hydrogens is 282 g/mol. The first-order valence-corrected chi connectivity index (χ1v) is 6.89. The quantitative estimate of drug-likeness (QED) is 0.737. The van der Waals surface area contributed by atoms with Crippen molar-refractivity contribution in [3.63, 3.8) is 0 Å². The zero-order valence-corrected chi connectivity index (χ0v) is 12.1. The van der Waals surface area contributed by atoms with Crippen LogP contribution in [0, 0.1) is 18.3 Å². The summed E-state index contributed by atoms with van der Waals surface area (Å²) < 4.78 is 0. The fraction of sp³-hybridized carbons (Fsp3) is 0.0588. The lowest BCUT2D eigenvalue weighted by atomic mass is 10.1. The SMILES string of the molecule is Cc1cc(Nc2cccc(Cl)c2C#N)c2ccccc2n1. The summed E-state index contributed by atoms with van der Waals surface area (Å²) >= 11 is 6.07. The van der Waals surface area contributed by atoms with Gasteiger partial charge in [0.1, 0.15) is 6.07 Å². The molecule has 0 bridgehead atoms. The number of aromatic nitrogens is 1. The third kappa shape index (κ3) is 2.54. The minimum Gasteiger partial charge on any atom is -0.354 e. The molecule has 1 aromatic heterocycles. The topological polar surface area (TPSA) is 48.7 Å². The summed E-state index contributed by atoms with van der Waals surface area (Å²) in [6.07, 6.45) is 0. The number of para-hydroxylation sites is 1. The van der Waals surface area contributed by atoms with Crippen LogP contribution in [0.3, 0.4) is 0 Å². The minimum absolute atomic E-state index is 0.442. The van der Waals surface area contributed by atoms with Gasteiger partial charge in [0, 0.05) is 16.8 Å². The van der Waals surface area contributed by atoms with E-state index in [-0.39, 0.29) is 0 Å². The number of rotatable bonds is 2. The normalized spacial score (nSPS) is 10.3. The average Bonchev–Trinajstić information content (AvgIpc) is 2.47. The maximum absolute atomic E-state index is 9.26. The number of aryl methyl sites for hydroxylation is 1. The third-order valence-electron chi connectivity index (χ3n) is 3.24. The molecule has 1 heterocycles. The lowest BCUT2D eigenvalue weighted by molar-refractivity contribution is 1.25. The van der Waals surface area contributed by atoms with Crippen molar-refractivity contribution in [1.29, 1.82) is 5.26 Å². The molecule has 3 nitrogen and oxygen atoms in total. The molecule has 4 heteroatoms. The number of nitrogens with zero attached hydrogens (tertiary/aromatic N) is 2. The number of hydrogen-bond donors (Lipinski definition) is 1. The van der Waals surface area contributed by atoms with Crippen molar-refractivity contribution in [3.8, 4) is 6.07 Å². The van der Waals surface area contributed by atoms with Crippen LogP contribution in [-0.4, -0.2) is 4.98 Å². The number of anilines is 2. The van der Waals surface area contributed by atoms with Crippen LogP contribution < -0.4 is 5.32 Å². The van der Waals surface area contributed by atoms with Crippen LogP contribution in [0.2, 0.25) is 5.02 Å². The molecule has 1 N–H and O–H groups in total. The van der Waals surface area contributed by atoms with Gasteiger partial charge in [0.25, 0.3) is 0 Å². The predicted octanol–water partition coefficient (Wildman–Crippen LogP) is 4.81. The van der Waals surface area contributed by atoms with Crippen molar-refractivity contribution in [1.82, 2.24) is 4.98 Å². The van der Waals surface area contributed by atoms with Crippen LogP contribution >= 0.6 is 11.6 Å². The number of fused-ring (bicyclic) bond motifs is 1. The summed E-state index contributed by atoms with van der Waals surface area (Å²) in [5.74, 6) is 0. The maximum atomic E-state index is 9.26. The van der Waals surface area contributed by atoms with Crippen LogP contribution in [-0.2, 0) is 0 Å². The van der Waals surface area contributed by atoms with Gasteiger partial charge in [0.2, 0.25) is 0 Å². The highest BCUT2D eigenvalue weighted by atomic mass is 35.5. The highest BCUT2D eigenvalue weighted by Gasteiger charge is 2.09. The maximum Gasteiger partial charge on any atom is 0.103 e. The van der Waals surface area contributed by atoms with Crippen molar-refractivity contribution in [2.45, 2.75) is 6.92 Å². The van der Waals surface area contributed by atoms with Gasteiger partial charge >= 0.3 is 0 Å². The highest BCUT2D eigenvalue weighted by Crippen LogP contribution is 2.30. The Morgan fingerprint density at radius 1 is 1.10 bits per heavy atom. The molecule has 0 saturated carbocycles.